The smallest absolute Gasteiger partial charge is 0.146 e. The summed E-state index contributed by atoms with van der Waals surface area (Å²) in [6, 6.07) is 6.87. The van der Waals surface area contributed by atoms with Gasteiger partial charge in [-0.15, -0.1) is 0 Å². The van der Waals surface area contributed by atoms with E-state index in [9.17, 15) is 4.39 Å². The Bertz CT molecular complexity index is 423. The van der Waals surface area contributed by atoms with Gasteiger partial charge in [-0.05, 0) is 31.5 Å². The molecule has 0 bridgehead atoms. The first-order chi connectivity index (χ1) is 7.97. The van der Waals surface area contributed by atoms with Crippen molar-refractivity contribution in [1.82, 2.24) is 0 Å². The molecule has 4 heteroatoms. The van der Waals surface area contributed by atoms with Crippen molar-refractivity contribution in [1.29, 1.82) is 5.26 Å². The van der Waals surface area contributed by atoms with Crippen LogP contribution in [0.15, 0.2) is 18.2 Å². The number of nitrogens with zero attached hydrogens (tertiary/aromatic N) is 2. The number of halogens is 1. The van der Waals surface area contributed by atoms with Crippen LogP contribution in [0.4, 0.5) is 10.1 Å². The van der Waals surface area contributed by atoms with Crippen LogP contribution in [0.2, 0.25) is 0 Å². The molecule has 0 heterocycles. The van der Waals surface area contributed by atoms with Crippen molar-refractivity contribution in [2.24, 2.45) is 5.73 Å². The molecule has 0 amide bonds. The first kappa shape index (κ1) is 13.5. The van der Waals surface area contributed by atoms with Crippen molar-refractivity contribution < 1.29 is 4.39 Å². The molecule has 0 radical (unpaired) electrons. The van der Waals surface area contributed by atoms with Gasteiger partial charge in [0.25, 0.3) is 0 Å². The van der Waals surface area contributed by atoms with E-state index in [0.29, 0.717) is 12.1 Å². The van der Waals surface area contributed by atoms with E-state index in [4.69, 9.17) is 11.0 Å². The topological polar surface area (TPSA) is 53.0 Å². The fraction of sp³-hybridized carbons (Fsp3) is 0.462. The van der Waals surface area contributed by atoms with Crippen molar-refractivity contribution in [3.63, 3.8) is 0 Å². The summed E-state index contributed by atoms with van der Waals surface area (Å²) in [6.07, 6.45) is 0.366. The summed E-state index contributed by atoms with van der Waals surface area (Å²) in [5, 5.41) is 8.63. The number of benzene rings is 1. The third-order valence-corrected chi connectivity index (χ3v) is 2.93. The summed E-state index contributed by atoms with van der Waals surface area (Å²) in [7, 11) is 1.78. The average molecular weight is 235 g/mol. The van der Waals surface area contributed by atoms with Gasteiger partial charge in [0.2, 0.25) is 0 Å². The SMILES string of the molecule is CC(N)c1ccc(N(C)C(C)CC#N)c(F)c1. The fourth-order valence-electron chi connectivity index (χ4n) is 1.60. The minimum atomic E-state index is -0.299. The Hall–Kier alpha value is -1.60. The second kappa shape index (κ2) is 5.65. The highest BCUT2D eigenvalue weighted by atomic mass is 19.1. The summed E-state index contributed by atoms with van der Waals surface area (Å²) < 4.78 is 13.9. The maximum Gasteiger partial charge on any atom is 0.146 e. The van der Waals surface area contributed by atoms with E-state index in [2.05, 4.69) is 6.07 Å². The van der Waals surface area contributed by atoms with Crippen molar-refractivity contribution >= 4 is 5.69 Å². The van der Waals surface area contributed by atoms with Crippen LogP contribution in [0.25, 0.3) is 0 Å². The zero-order chi connectivity index (χ0) is 13.0. The molecule has 3 nitrogen and oxygen atoms in total. The van der Waals surface area contributed by atoms with Crippen LogP contribution >= 0.6 is 0 Å². The summed E-state index contributed by atoms with van der Waals surface area (Å²) in [5.74, 6) is -0.299. The molecule has 92 valence electrons. The predicted molar refractivity (Wildman–Crippen MR) is 67.1 cm³/mol. The minimum absolute atomic E-state index is 0.0179. The lowest BCUT2D eigenvalue weighted by Crippen LogP contribution is -2.29. The molecule has 1 aromatic rings. The molecular formula is C13H18FN3. The van der Waals surface area contributed by atoms with Crippen LogP contribution in [0.1, 0.15) is 31.9 Å². The predicted octanol–water partition coefficient (Wildman–Crippen LogP) is 2.58. The van der Waals surface area contributed by atoms with E-state index in [1.165, 1.54) is 6.07 Å². The quantitative estimate of drug-likeness (QED) is 0.872. The van der Waals surface area contributed by atoms with Crippen LogP contribution < -0.4 is 10.6 Å². The molecule has 2 N–H and O–H groups in total. The summed E-state index contributed by atoms with van der Waals surface area (Å²) in [6.45, 7) is 3.71. The van der Waals surface area contributed by atoms with E-state index in [0.717, 1.165) is 5.56 Å². The van der Waals surface area contributed by atoms with Gasteiger partial charge in [-0.3, -0.25) is 0 Å². The molecule has 0 saturated carbocycles. The second-order valence-corrected chi connectivity index (χ2v) is 4.32. The van der Waals surface area contributed by atoms with Crippen molar-refractivity contribution in [2.45, 2.75) is 32.4 Å². The number of rotatable bonds is 4. The Labute approximate surface area is 102 Å². The Kier molecular flexibility index (Phi) is 4.47. The van der Waals surface area contributed by atoms with Crippen LogP contribution in [-0.2, 0) is 0 Å². The zero-order valence-electron chi connectivity index (χ0n) is 10.4. The van der Waals surface area contributed by atoms with Gasteiger partial charge in [0.1, 0.15) is 5.82 Å². The van der Waals surface area contributed by atoms with Gasteiger partial charge in [-0.25, -0.2) is 4.39 Å². The van der Waals surface area contributed by atoms with Crippen LogP contribution in [-0.4, -0.2) is 13.1 Å². The van der Waals surface area contributed by atoms with Gasteiger partial charge in [-0.2, -0.15) is 5.26 Å². The normalized spacial score (nSPS) is 13.9. The molecule has 0 saturated heterocycles. The van der Waals surface area contributed by atoms with E-state index < -0.39 is 0 Å². The third kappa shape index (κ3) is 3.18. The minimum Gasteiger partial charge on any atom is -0.368 e. The third-order valence-electron chi connectivity index (χ3n) is 2.93. The molecule has 2 unspecified atom stereocenters. The van der Waals surface area contributed by atoms with E-state index in [-0.39, 0.29) is 17.9 Å². The molecule has 17 heavy (non-hydrogen) atoms. The number of nitriles is 1. The van der Waals surface area contributed by atoms with E-state index in [1.54, 1.807) is 18.0 Å². The van der Waals surface area contributed by atoms with Gasteiger partial charge in [0, 0.05) is 19.1 Å². The monoisotopic (exact) mass is 235 g/mol. The molecular weight excluding hydrogens is 217 g/mol. The maximum atomic E-state index is 13.9. The van der Waals surface area contributed by atoms with Crippen LogP contribution in [0, 0.1) is 17.1 Å². The Balaban J connectivity index is 2.96. The van der Waals surface area contributed by atoms with Gasteiger partial charge >= 0.3 is 0 Å². The lowest BCUT2D eigenvalue weighted by molar-refractivity contribution is 0.603. The van der Waals surface area contributed by atoms with E-state index >= 15 is 0 Å². The maximum absolute atomic E-state index is 13.9. The van der Waals surface area contributed by atoms with Gasteiger partial charge < -0.3 is 10.6 Å². The van der Waals surface area contributed by atoms with E-state index in [1.807, 2.05) is 19.9 Å². The first-order valence-electron chi connectivity index (χ1n) is 5.62. The van der Waals surface area contributed by atoms with Crippen molar-refractivity contribution in [3.8, 4) is 6.07 Å². The Morgan fingerprint density at radius 3 is 2.59 bits per heavy atom. The lowest BCUT2D eigenvalue weighted by atomic mass is 10.1. The van der Waals surface area contributed by atoms with Crippen molar-refractivity contribution in [3.05, 3.63) is 29.6 Å². The first-order valence-corrected chi connectivity index (χ1v) is 5.62. The molecule has 0 aromatic heterocycles. The standard InChI is InChI=1S/C13H18FN3/c1-9(6-7-15)17(3)13-5-4-11(10(2)16)8-12(13)14/h4-5,8-10H,6,16H2,1-3H3. The number of hydrogen-bond acceptors (Lipinski definition) is 3. The van der Waals surface area contributed by atoms with Crippen molar-refractivity contribution in [2.75, 3.05) is 11.9 Å². The highest BCUT2D eigenvalue weighted by Gasteiger charge is 2.14. The zero-order valence-corrected chi connectivity index (χ0v) is 10.4. The second-order valence-electron chi connectivity index (χ2n) is 4.32. The molecule has 0 spiro atoms. The summed E-state index contributed by atoms with van der Waals surface area (Å²) in [4.78, 5) is 1.77. The average Bonchev–Trinajstić information content (AvgIpc) is 2.28. The number of hydrogen-bond donors (Lipinski definition) is 1. The summed E-state index contributed by atoms with van der Waals surface area (Å²) in [5.41, 5.74) is 6.96. The lowest BCUT2D eigenvalue weighted by Gasteiger charge is -2.26. The molecule has 1 aromatic carbocycles. The highest BCUT2D eigenvalue weighted by molar-refractivity contribution is 5.49. The molecule has 0 aliphatic heterocycles. The van der Waals surface area contributed by atoms with Crippen LogP contribution in [0.3, 0.4) is 0 Å². The Morgan fingerprint density at radius 2 is 2.12 bits per heavy atom. The van der Waals surface area contributed by atoms with Gasteiger partial charge in [-0.1, -0.05) is 6.07 Å². The molecule has 1 rings (SSSR count). The molecule has 0 fully saturated rings. The largest absolute Gasteiger partial charge is 0.368 e. The van der Waals surface area contributed by atoms with Crippen LogP contribution in [0.5, 0.6) is 0 Å². The summed E-state index contributed by atoms with van der Waals surface area (Å²) >= 11 is 0. The Morgan fingerprint density at radius 1 is 1.47 bits per heavy atom. The number of nitrogens with two attached hydrogens (primary N) is 1. The van der Waals surface area contributed by atoms with Gasteiger partial charge in [0.05, 0.1) is 18.2 Å². The highest BCUT2D eigenvalue weighted by Crippen LogP contribution is 2.23. The molecule has 0 aliphatic rings. The molecule has 0 aliphatic carbocycles. The van der Waals surface area contributed by atoms with Gasteiger partial charge in [0.15, 0.2) is 0 Å². The molecule has 2 atom stereocenters. The number of anilines is 1. The fourth-order valence-corrected chi connectivity index (χ4v) is 1.60.